The van der Waals surface area contributed by atoms with Crippen molar-refractivity contribution in [2.24, 2.45) is 5.92 Å². The van der Waals surface area contributed by atoms with E-state index < -0.39 is 11.6 Å². The summed E-state index contributed by atoms with van der Waals surface area (Å²) < 4.78 is 35.4. The minimum atomic E-state index is -0.799. The summed E-state index contributed by atoms with van der Waals surface area (Å²) in [4.78, 5) is 0. The van der Waals surface area contributed by atoms with Gasteiger partial charge >= 0.3 is 0 Å². The second-order valence-electron chi connectivity index (χ2n) is 7.59. The molecule has 0 amide bonds. The third-order valence-corrected chi connectivity index (χ3v) is 5.83. The zero-order chi connectivity index (χ0) is 17.4. The number of hydrogen-bond donors (Lipinski definition) is 0. The van der Waals surface area contributed by atoms with Crippen LogP contribution in [-0.4, -0.2) is 0 Å². The van der Waals surface area contributed by atoms with E-state index in [2.05, 4.69) is 6.92 Å². The molecule has 1 atom stereocenters. The molecule has 1 fully saturated rings. The molecule has 1 unspecified atom stereocenters. The van der Waals surface area contributed by atoms with Crippen molar-refractivity contribution < 1.29 is 13.5 Å². The molecule has 1 heterocycles. The molecule has 0 radical (unpaired) electrons. The number of ether oxygens (including phenoxy) is 1. The van der Waals surface area contributed by atoms with E-state index in [1.165, 1.54) is 0 Å². The van der Waals surface area contributed by atoms with Crippen LogP contribution in [0.2, 0.25) is 0 Å². The molecule has 0 saturated heterocycles. The van der Waals surface area contributed by atoms with Crippen LogP contribution in [0.15, 0.2) is 36.4 Å². The fourth-order valence-electron chi connectivity index (χ4n) is 4.26. The van der Waals surface area contributed by atoms with E-state index in [9.17, 15) is 8.78 Å². The van der Waals surface area contributed by atoms with E-state index in [0.717, 1.165) is 49.7 Å². The Bertz CT molecular complexity index is 748. The minimum absolute atomic E-state index is 0.116. The van der Waals surface area contributed by atoms with Crippen molar-refractivity contribution in [3.63, 3.8) is 0 Å². The van der Waals surface area contributed by atoms with E-state index in [-0.39, 0.29) is 17.8 Å². The molecular weight excluding hydrogens is 318 g/mol. The lowest BCUT2D eigenvalue weighted by atomic mass is 9.78. The van der Waals surface area contributed by atoms with E-state index in [1.807, 2.05) is 36.4 Å². The van der Waals surface area contributed by atoms with Crippen LogP contribution in [0.25, 0.3) is 0 Å². The van der Waals surface area contributed by atoms with Crippen molar-refractivity contribution in [3.05, 3.63) is 64.7 Å². The van der Waals surface area contributed by atoms with Gasteiger partial charge in [0.05, 0.1) is 0 Å². The molecule has 3 heteroatoms. The quantitative estimate of drug-likeness (QED) is 0.620. The first-order valence-corrected chi connectivity index (χ1v) is 9.36. The van der Waals surface area contributed by atoms with E-state index in [1.54, 1.807) is 0 Å². The van der Waals surface area contributed by atoms with Gasteiger partial charge in [0.2, 0.25) is 5.82 Å². The number of benzene rings is 2. The Morgan fingerprint density at radius 2 is 1.64 bits per heavy atom. The third-order valence-electron chi connectivity index (χ3n) is 5.83. The van der Waals surface area contributed by atoms with Crippen LogP contribution < -0.4 is 4.74 Å². The monoisotopic (exact) mass is 342 g/mol. The fourth-order valence-corrected chi connectivity index (χ4v) is 4.26. The Labute approximate surface area is 148 Å². The molecule has 0 N–H and O–H groups in total. The third kappa shape index (κ3) is 3.17. The maximum atomic E-state index is 14.8. The van der Waals surface area contributed by atoms with Crippen LogP contribution in [0.5, 0.6) is 5.75 Å². The fraction of sp³-hybridized carbons (Fsp3) is 0.455. The lowest BCUT2D eigenvalue weighted by Gasteiger charge is -2.30. The van der Waals surface area contributed by atoms with Gasteiger partial charge in [-0.2, -0.15) is 4.39 Å². The summed E-state index contributed by atoms with van der Waals surface area (Å²) in [5, 5.41) is 0. The molecular formula is C22H24F2O. The maximum absolute atomic E-state index is 14.8. The van der Waals surface area contributed by atoms with Crippen molar-refractivity contribution in [2.75, 3.05) is 0 Å². The van der Waals surface area contributed by atoms with Gasteiger partial charge in [0.15, 0.2) is 11.6 Å². The van der Waals surface area contributed by atoms with Gasteiger partial charge < -0.3 is 4.74 Å². The molecule has 0 aromatic heterocycles. The molecule has 1 nitrogen and oxygen atoms in total. The lowest BCUT2D eigenvalue weighted by Crippen LogP contribution is -2.19. The average molecular weight is 342 g/mol. The van der Waals surface area contributed by atoms with Gasteiger partial charge in [0.1, 0.15) is 6.10 Å². The Kier molecular flexibility index (Phi) is 4.49. The Balaban J connectivity index is 1.63. The SMILES string of the molecule is CC1CCC(c2cc3c(c(F)c2F)OC(c2ccccc2)CC3)CC1. The summed E-state index contributed by atoms with van der Waals surface area (Å²) in [5.74, 6) is -0.552. The van der Waals surface area contributed by atoms with Gasteiger partial charge in [-0.3, -0.25) is 0 Å². The highest BCUT2D eigenvalue weighted by molar-refractivity contribution is 5.43. The summed E-state index contributed by atoms with van der Waals surface area (Å²) in [5.41, 5.74) is 2.39. The number of hydrogen-bond acceptors (Lipinski definition) is 1. The highest BCUT2D eigenvalue weighted by Gasteiger charge is 2.31. The molecule has 1 saturated carbocycles. The van der Waals surface area contributed by atoms with Crippen LogP contribution in [0.3, 0.4) is 0 Å². The first-order chi connectivity index (χ1) is 12.1. The molecule has 0 spiro atoms. The number of rotatable bonds is 2. The smallest absolute Gasteiger partial charge is 0.201 e. The normalized spacial score (nSPS) is 26.0. The number of fused-ring (bicyclic) bond motifs is 1. The predicted octanol–water partition coefficient (Wildman–Crippen LogP) is 6.32. The summed E-state index contributed by atoms with van der Waals surface area (Å²) in [7, 11) is 0. The van der Waals surface area contributed by atoms with E-state index >= 15 is 0 Å². The van der Waals surface area contributed by atoms with Gasteiger partial charge in [-0.05, 0) is 60.3 Å². The average Bonchev–Trinajstić information content (AvgIpc) is 2.66. The lowest BCUT2D eigenvalue weighted by molar-refractivity contribution is 0.165. The van der Waals surface area contributed by atoms with Crippen molar-refractivity contribution >= 4 is 0 Å². The highest BCUT2D eigenvalue weighted by Crippen LogP contribution is 2.43. The van der Waals surface area contributed by atoms with Crippen molar-refractivity contribution in [1.29, 1.82) is 0 Å². The van der Waals surface area contributed by atoms with Crippen LogP contribution in [0.4, 0.5) is 8.78 Å². The van der Waals surface area contributed by atoms with Crippen LogP contribution in [-0.2, 0) is 6.42 Å². The first kappa shape index (κ1) is 16.6. The van der Waals surface area contributed by atoms with Gasteiger partial charge in [0.25, 0.3) is 0 Å². The van der Waals surface area contributed by atoms with Crippen molar-refractivity contribution in [3.8, 4) is 5.75 Å². The number of aryl methyl sites for hydroxylation is 1. The van der Waals surface area contributed by atoms with Crippen LogP contribution >= 0.6 is 0 Å². The molecule has 25 heavy (non-hydrogen) atoms. The van der Waals surface area contributed by atoms with Crippen LogP contribution in [0, 0.1) is 17.6 Å². The highest BCUT2D eigenvalue weighted by atomic mass is 19.2. The molecule has 1 aliphatic carbocycles. The van der Waals surface area contributed by atoms with E-state index in [0.29, 0.717) is 11.5 Å². The summed E-state index contributed by atoms with van der Waals surface area (Å²) in [6, 6.07) is 11.6. The van der Waals surface area contributed by atoms with Gasteiger partial charge in [0, 0.05) is 0 Å². The van der Waals surface area contributed by atoms with Gasteiger partial charge in [-0.15, -0.1) is 0 Å². The maximum Gasteiger partial charge on any atom is 0.201 e. The zero-order valence-electron chi connectivity index (χ0n) is 14.6. The molecule has 0 bridgehead atoms. The topological polar surface area (TPSA) is 9.23 Å². The molecule has 4 rings (SSSR count). The zero-order valence-corrected chi connectivity index (χ0v) is 14.6. The van der Waals surface area contributed by atoms with E-state index in [4.69, 9.17) is 4.74 Å². The molecule has 2 aliphatic rings. The largest absolute Gasteiger partial charge is 0.482 e. The Hall–Kier alpha value is -1.90. The Morgan fingerprint density at radius 3 is 2.36 bits per heavy atom. The standard InChI is InChI=1S/C22H24F2O/c1-14-7-9-15(10-8-14)18-13-17-11-12-19(16-5-3-2-4-6-16)25-22(17)21(24)20(18)23/h2-6,13-15,19H,7-12H2,1H3. The summed E-state index contributed by atoms with van der Waals surface area (Å²) >= 11 is 0. The molecule has 2 aromatic carbocycles. The summed E-state index contributed by atoms with van der Waals surface area (Å²) in [6.45, 7) is 2.23. The molecule has 1 aliphatic heterocycles. The van der Waals surface area contributed by atoms with Gasteiger partial charge in [-0.25, -0.2) is 4.39 Å². The molecule has 2 aromatic rings. The van der Waals surface area contributed by atoms with Crippen LogP contribution in [0.1, 0.15) is 67.7 Å². The predicted molar refractivity (Wildman–Crippen MR) is 94.9 cm³/mol. The van der Waals surface area contributed by atoms with Crippen molar-refractivity contribution in [1.82, 2.24) is 0 Å². The summed E-state index contributed by atoms with van der Waals surface area (Å²) in [6.07, 6.45) is 5.40. The van der Waals surface area contributed by atoms with Crippen molar-refractivity contribution in [2.45, 2.75) is 57.5 Å². The number of halogens is 2. The first-order valence-electron chi connectivity index (χ1n) is 9.36. The minimum Gasteiger partial charge on any atom is -0.482 e. The molecule has 132 valence electrons. The second kappa shape index (κ2) is 6.78. The second-order valence-corrected chi connectivity index (χ2v) is 7.59. The Morgan fingerprint density at radius 1 is 0.920 bits per heavy atom. The van der Waals surface area contributed by atoms with Gasteiger partial charge in [-0.1, -0.05) is 50.1 Å².